The molecule has 2 nitrogen and oxygen atoms in total. The highest BCUT2D eigenvalue weighted by molar-refractivity contribution is 7.09. The van der Waals surface area contributed by atoms with Gasteiger partial charge in [-0.2, -0.15) is 0 Å². The molecule has 2 aromatic rings. The zero-order valence-corrected chi connectivity index (χ0v) is 13.4. The summed E-state index contributed by atoms with van der Waals surface area (Å²) in [6, 6.07) is 11.1. The van der Waals surface area contributed by atoms with E-state index in [1.807, 2.05) is 11.3 Å². The van der Waals surface area contributed by atoms with Crippen LogP contribution in [0, 0.1) is 13.8 Å². The molecule has 0 fully saturated rings. The summed E-state index contributed by atoms with van der Waals surface area (Å²) in [6.45, 7) is 9.22. The molecule has 0 aliphatic carbocycles. The lowest BCUT2D eigenvalue weighted by Crippen LogP contribution is -2.34. The van der Waals surface area contributed by atoms with Crippen LogP contribution in [-0.2, 0) is 6.54 Å². The normalized spacial score (nSPS) is 12.8. The van der Waals surface area contributed by atoms with Crippen LogP contribution in [0.5, 0.6) is 0 Å². The van der Waals surface area contributed by atoms with E-state index < -0.39 is 0 Å². The van der Waals surface area contributed by atoms with Crippen molar-refractivity contribution in [3.63, 3.8) is 0 Å². The highest BCUT2D eigenvalue weighted by atomic mass is 32.1. The third-order valence-electron chi connectivity index (χ3n) is 3.88. The topological polar surface area (TPSA) is 29.3 Å². The number of rotatable bonds is 6. The first kappa shape index (κ1) is 15.2. The maximum atomic E-state index is 6.11. The van der Waals surface area contributed by atoms with Crippen molar-refractivity contribution >= 4 is 11.3 Å². The van der Waals surface area contributed by atoms with Crippen LogP contribution in [0.4, 0.5) is 0 Å². The second kappa shape index (κ2) is 7.02. The molecule has 0 saturated carbocycles. The Bertz CT molecular complexity index is 514. The minimum atomic E-state index is 0.295. The van der Waals surface area contributed by atoms with Crippen LogP contribution < -0.4 is 5.73 Å². The molecule has 20 heavy (non-hydrogen) atoms. The summed E-state index contributed by atoms with van der Waals surface area (Å²) >= 11 is 1.82. The van der Waals surface area contributed by atoms with Crippen LogP contribution in [0.15, 0.2) is 35.7 Å². The smallest absolute Gasteiger partial charge is 0.0479 e. The largest absolute Gasteiger partial charge is 0.329 e. The molecule has 0 amide bonds. The van der Waals surface area contributed by atoms with Gasteiger partial charge in [-0.1, -0.05) is 31.2 Å². The molecule has 0 spiro atoms. The quantitative estimate of drug-likeness (QED) is 0.874. The summed E-state index contributed by atoms with van der Waals surface area (Å²) in [5.41, 5.74) is 10.2. The number of hydrogen-bond donors (Lipinski definition) is 1. The second-order valence-electron chi connectivity index (χ2n) is 5.20. The van der Waals surface area contributed by atoms with E-state index in [9.17, 15) is 0 Å². The van der Waals surface area contributed by atoms with Gasteiger partial charge >= 0.3 is 0 Å². The standard InChI is InChI=1S/C17H24N2S/c1-4-19(12-15-9-6-10-20-15)16(11-18)17-13(2)7-5-8-14(17)3/h5-10,16H,4,11-12,18H2,1-3H3. The molecule has 0 aliphatic rings. The Hall–Kier alpha value is -1.16. The molecule has 2 rings (SSSR count). The molecule has 1 heterocycles. The van der Waals surface area contributed by atoms with E-state index in [1.165, 1.54) is 21.6 Å². The Morgan fingerprint density at radius 3 is 2.35 bits per heavy atom. The Morgan fingerprint density at radius 2 is 1.85 bits per heavy atom. The van der Waals surface area contributed by atoms with Gasteiger partial charge < -0.3 is 5.73 Å². The monoisotopic (exact) mass is 288 g/mol. The summed E-state index contributed by atoms with van der Waals surface area (Å²) in [5, 5.41) is 2.14. The van der Waals surface area contributed by atoms with E-state index in [0.717, 1.165) is 13.1 Å². The summed E-state index contributed by atoms with van der Waals surface area (Å²) < 4.78 is 0. The number of benzene rings is 1. The van der Waals surface area contributed by atoms with Crippen molar-refractivity contribution in [3.05, 3.63) is 57.3 Å². The highest BCUT2D eigenvalue weighted by Gasteiger charge is 2.21. The van der Waals surface area contributed by atoms with Crippen LogP contribution in [0.2, 0.25) is 0 Å². The third-order valence-corrected chi connectivity index (χ3v) is 4.75. The lowest BCUT2D eigenvalue weighted by Gasteiger charge is -2.32. The molecule has 0 aliphatic heterocycles. The van der Waals surface area contributed by atoms with Crippen molar-refractivity contribution in [1.29, 1.82) is 0 Å². The van der Waals surface area contributed by atoms with Gasteiger partial charge in [0, 0.05) is 24.0 Å². The number of nitrogens with two attached hydrogens (primary N) is 1. The van der Waals surface area contributed by atoms with Crippen LogP contribution in [-0.4, -0.2) is 18.0 Å². The molecule has 0 bridgehead atoms. The van der Waals surface area contributed by atoms with Gasteiger partial charge in [0.25, 0.3) is 0 Å². The predicted octanol–water partition coefficient (Wildman–Crippen LogP) is 3.89. The average Bonchev–Trinajstić information content (AvgIpc) is 2.94. The van der Waals surface area contributed by atoms with Crippen LogP contribution in [0.3, 0.4) is 0 Å². The second-order valence-corrected chi connectivity index (χ2v) is 6.23. The van der Waals surface area contributed by atoms with Gasteiger partial charge in [0.05, 0.1) is 0 Å². The third kappa shape index (κ3) is 3.29. The highest BCUT2D eigenvalue weighted by Crippen LogP contribution is 2.28. The predicted molar refractivity (Wildman–Crippen MR) is 88.1 cm³/mol. The van der Waals surface area contributed by atoms with Gasteiger partial charge in [-0.15, -0.1) is 11.3 Å². The first-order chi connectivity index (χ1) is 9.67. The summed E-state index contributed by atoms with van der Waals surface area (Å²) in [6.07, 6.45) is 0. The van der Waals surface area contributed by atoms with E-state index in [1.54, 1.807) is 0 Å². The fourth-order valence-corrected chi connectivity index (χ4v) is 3.58. The maximum absolute atomic E-state index is 6.11. The van der Waals surface area contributed by atoms with E-state index in [-0.39, 0.29) is 0 Å². The van der Waals surface area contributed by atoms with Crippen molar-refractivity contribution < 1.29 is 0 Å². The van der Waals surface area contributed by atoms with Crippen molar-refractivity contribution in [3.8, 4) is 0 Å². The Labute approximate surface area is 126 Å². The molecule has 1 atom stereocenters. The molecule has 1 aromatic carbocycles. The van der Waals surface area contributed by atoms with Crippen LogP contribution >= 0.6 is 11.3 Å². The summed E-state index contributed by atoms with van der Waals surface area (Å²) in [7, 11) is 0. The zero-order chi connectivity index (χ0) is 14.5. The van der Waals surface area contributed by atoms with Gasteiger partial charge in [0.15, 0.2) is 0 Å². The number of aryl methyl sites for hydroxylation is 2. The molecule has 0 saturated heterocycles. The maximum Gasteiger partial charge on any atom is 0.0479 e. The molecule has 1 unspecified atom stereocenters. The molecular formula is C17H24N2S. The van der Waals surface area contributed by atoms with Gasteiger partial charge in [-0.3, -0.25) is 4.90 Å². The Morgan fingerprint density at radius 1 is 1.15 bits per heavy atom. The lowest BCUT2D eigenvalue weighted by molar-refractivity contribution is 0.204. The molecule has 0 radical (unpaired) electrons. The fraction of sp³-hybridized carbons (Fsp3) is 0.412. The minimum absolute atomic E-state index is 0.295. The first-order valence-corrected chi connectivity index (χ1v) is 8.08. The van der Waals surface area contributed by atoms with Crippen molar-refractivity contribution in [1.82, 2.24) is 4.90 Å². The SMILES string of the molecule is CCN(Cc1cccs1)C(CN)c1c(C)cccc1C. The summed E-state index contributed by atoms with van der Waals surface area (Å²) in [4.78, 5) is 3.87. The van der Waals surface area contributed by atoms with Gasteiger partial charge in [-0.25, -0.2) is 0 Å². The van der Waals surface area contributed by atoms with Gasteiger partial charge in [-0.05, 0) is 48.5 Å². The van der Waals surface area contributed by atoms with E-state index in [0.29, 0.717) is 12.6 Å². The Balaban J connectivity index is 2.29. The van der Waals surface area contributed by atoms with E-state index in [4.69, 9.17) is 5.73 Å². The lowest BCUT2D eigenvalue weighted by atomic mass is 9.95. The Kier molecular flexibility index (Phi) is 5.35. The molecule has 3 heteroatoms. The van der Waals surface area contributed by atoms with E-state index >= 15 is 0 Å². The molecule has 1 aromatic heterocycles. The van der Waals surface area contributed by atoms with Crippen molar-refractivity contribution in [2.45, 2.75) is 33.4 Å². The number of thiophene rings is 1. The molecule has 2 N–H and O–H groups in total. The first-order valence-electron chi connectivity index (χ1n) is 7.20. The summed E-state index contributed by atoms with van der Waals surface area (Å²) in [5.74, 6) is 0. The van der Waals surface area contributed by atoms with E-state index in [2.05, 4.69) is 61.4 Å². The number of hydrogen-bond acceptors (Lipinski definition) is 3. The van der Waals surface area contributed by atoms with Crippen LogP contribution in [0.25, 0.3) is 0 Å². The van der Waals surface area contributed by atoms with Gasteiger partial charge in [0.1, 0.15) is 0 Å². The average molecular weight is 288 g/mol. The molecular weight excluding hydrogens is 264 g/mol. The van der Waals surface area contributed by atoms with Crippen molar-refractivity contribution in [2.24, 2.45) is 5.73 Å². The number of nitrogens with zero attached hydrogens (tertiary/aromatic N) is 1. The minimum Gasteiger partial charge on any atom is -0.329 e. The zero-order valence-electron chi connectivity index (χ0n) is 12.6. The van der Waals surface area contributed by atoms with Crippen molar-refractivity contribution in [2.75, 3.05) is 13.1 Å². The van der Waals surface area contributed by atoms with Gasteiger partial charge in [0.2, 0.25) is 0 Å². The van der Waals surface area contributed by atoms with Crippen LogP contribution in [0.1, 0.15) is 34.5 Å². The number of likely N-dealkylation sites (N-methyl/N-ethyl adjacent to an activating group) is 1. The fourth-order valence-electron chi connectivity index (χ4n) is 2.85. The molecule has 108 valence electrons.